The summed E-state index contributed by atoms with van der Waals surface area (Å²) in [7, 11) is 0. The number of fused-ring (bicyclic) bond motifs is 1. The maximum atomic E-state index is 5.47. The van der Waals surface area contributed by atoms with E-state index in [0.717, 1.165) is 81.2 Å². The third kappa shape index (κ3) is 4.11. The molecule has 5 rings (SSSR count). The first-order chi connectivity index (χ1) is 14.4. The Labute approximate surface area is 171 Å². The highest BCUT2D eigenvalue weighted by atomic mass is 16.5. The fourth-order valence-electron chi connectivity index (χ4n) is 4.33. The first-order valence-electron chi connectivity index (χ1n) is 10.7. The van der Waals surface area contributed by atoms with Gasteiger partial charge in [-0.2, -0.15) is 0 Å². The van der Waals surface area contributed by atoms with Gasteiger partial charge in [0.05, 0.1) is 24.4 Å². The van der Waals surface area contributed by atoms with Gasteiger partial charge in [-0.05, 0) is 44.5 Å². The predicted octanol–water partition coefficient (Wildman–Crippen LogP) is 2.45. The van der Waals surface area contributed by atoms with E-state index < -0.39 is 0 Å². The number of allylic oxidation sites excluding steroid dienone is 3. The summed E-state index contributed by atoms with van der Waals surface area (Å²) in [6, 6.07) is 2.53. The fraction of sp³-hybridized carbons (Fsp3) is 0.500. The summed E-state index contributed by atoms with van der Waals surface area (Å²) in [6.45, 7) is 5.64. The van der Waals surface area contributed by atoms with Crippen LogP contribution in [0.5, 0.6) is 0 Å². The summed E-state index contributed by atoms with van der Waals surface area (Å²) in [5.74, 6) is 1.13. The monoisotopic (exact) mass is 392 g/mol. The quantitative estimate of drug-likeness (QED) is 0.828. The molecule has 0 aromatic carbocycles. The highest BCUT2D eigenvalue weighted by Crippen LogP contribution is 2.31. The van der Waals surface area contributed by atoms with Crippen molar-refractivity contribution in [3.8, 4) is 0 Å². The molecule has 1 atom stereocenters. The minimum Gasteiger partial charge on any atom is -0.378 e. The largest absolute Gasteiger partial charge is 0.378 e. The van der Waals surface area contributed by atoms with Gasteiger partial charge >= 0.3 is 0 Å². The number of piperidine rings is 1. The van der Waals surface area contributed by atoms with Crippen LogP contribution in [0.1, 0.15) is 30.9 Å². The van der Waals surface area contributed by atoms with Gasteiger partial charge in [-0.25, -0.2) is 9.97 Å². The van der Waals surface area contributed by atoms with Gasteiger partial charge in [-0.1, -0.05) is 12.2 Å². The molecule has 7 nitrogen and oxygen atoms in total. The molecule has 1 aliphatic carbocycles. The van der Waals surface area contributed by atoms with Gasteiger partial charge in [0.2, 0.25) is 0 Å². The second-order valence-corrected chi connectivity index (χ2v) is 7.92. The van der Waals surface area contributed by atoms with E-state index in [-0.39, 0.29) is 5.92 Å². The number of hydrogen-bond donors (Lipinski definition) is 2. The molecule has 2 fully saturated rings. The van der Waals surface area contributed by atoms with Crippen LogP contribution < -0.4 is 10.6 Å². The van der Waals surface area contributed by atoms with Gasteiger partial charge in [0.1, 0.15) is 5.52 Å². The molecule has 0 spiro atoms. The second kappa shape index (κ2) is 8.47. The van der Waals surface area contributed by atoms with Crippen molar-refractivity contribution in [3.05, 3.63) is 48.1 Å². The van der Waals surface area contributed by atoms with E-state index in [2.05, 4.69) is 49.8 Å². The van der Waals surface area contributed by atoms with Gasteiger partial charge in [0.15, 0.2) is 5.82 Å². The third-order valence-electron chi connectivity index (χ3n) is 5.99. The standard InChI is InChI=1S/C22H28N6O/c1-3-18(28-11-13-29-14-12-28)4-2-16(1)19-15-20-21(25-10-9-24-20)22(27-19)26-17-5-7-23-8-6-17/h1,3-4,9-10,15-17,23H,2,5-8,11-14H2,(H,26,27). The number of ether oxygens (including phenoxy) is 1. The zero-order valence-corrected chi connectivity index (χ0v) is 16.7. The van der Waals surface area contributed by atoms with E-state index in [9.17, 15) is 0 Å². The Hall–Kier alpha value is -2.51. The van der Waals surface area contributed by atoms with E-state index in [1.165, 1.54) is 5.70 Å². The lowest BCUT2D eigenvalue weighted by Crippen LogP contribution is -2.35. The summed E-state index contributed by atoms with van der Waals surface area (Å²) in [5, 5.41) is 7.06. The Morgan fingerprint density at radius 3 is 2.72 bits per heavy atom. The Kier molecular flexibility index (Phi) is 5.41. The fourth-order valence-corrected chi connectivity index (χ4v) is 4.33. The molecule has 7 heteroatoms. The lowest BCUT2D eigenvalue weighted by Gasteiger charge is -2.31. The van der Waals surface area contributed by atoms with Crippen molar-refractivity contribution in [2.45, 2.75) is 31.2 Å². The number of nitrogens with zero attached hydrogens (tertiary/aromatic N) is 4. The molecule has 0 amide bonds. The zero-order chi connectivity index (χ0) is 19.5. The van der Waals surface area contributed by atoms with Crippen molar-refractivity contribution in [1.29, 1.82) is 0 Å². The number of pyridine rings is 1. The summed E-state index contributed by atoms with van der Waals surface area (Å²) in [4.78, 5) is 16.5. The SMILES string of the molecule is C1=CC(c2cc3nccnc3c(NC3CCNCC3)n2)CC=C1N1CCOCC1. The highest BCUT2D eigenvalue weighted by Gasteiger charge is 2.21. The molecule has 3 aliphatic rings. The van der Waals surface area contributed by atoms with Crippen LogP contribution in [0.3, 0.4) is 0 Å². The smallest absolute Gasteiger partial charge is 0.154 e. The van der Waals surface area contributed by atoms with Crippen LogP contribution in [0.25, 0.3) is 11.0 Å². The Morgan fingerprint density at radius 1 is 1.10 bits per heavy atom. The van der Waals surface area contributed by atoms with Crippen LogP contribution in [0, 0.1) is 0 Å². The van der Waals surface area contributed by atoms with Crippen molar-refractivity contribution in [2.24, 2.45) is 0 Å². The molecule has 1 unspecified atom stereocenters. The van der Waals surface area contributed by atoms with Gasteiger partial charge < -0.3 is 20.3 Å². The average molecular weight is 393 g/mol. The van der Waals surface area contributed by atoms with Crippen LogP contribution in [0.2, 0.25) is 0 Å². The zero-order valence-electron chi connectivity index (χ0n) is 16.7. The lowest BCUT2D eigenvalue weighted by atomic mass is 9.94. The van der Waals surface area contributed by atoms with Crippen molar-refractivity contribution < 1.29 is 4.74 Å². The first-order valence-corrected chi connectivity index (χ1v) is 10.7. The van der Waals surface area contributed by atoms with Crippen molar-refractivity contribution in [1.82, 2.24) is 25.2 Å². The summed E-state index contributed by atoms with van der Waals surface area (Å²) >= 11 is 0. The molecule has 4 heterocycles. The highest BCUT2D eigenvalue weighted by molar-refractivity contribution is 5.85. The molecular formula is C22H28N6O. The van der Waals surface area contributed by atoms with Crippen LogP contribution >= 0.6 is 0 Å². The summed E-state index contributed by atoms with van der Waals surface area (Å²) in [6.07, 6.45) is 13.5. The molecule has 0 radical (unpaired) electrons. The molecule has 0 saturated carbocycles. The Bertz CT molecular complexity index is 915. The number of hydrogen-bond acceptors (Lipinski definition) is 7. The van der Waals surface area contributed by atoms with Gasteiger partial charge in [0.25, 0.3) is 0 Å². The number of nitrogens with one attached hydrogen (secondary N) is 2. The van der Waals surface area contributed by atoms with Crippen LogP contribution in [0.15, 0.2) is 42.4 Å². The molecule has 2 aliphatic heterocycles. The van der Waals surface area contributed by atoms with Gasteiger partial charge in [-0.15, -0.1) is 0 Å². The second-order valence-electron chi connectivity index (χ2n) is 7.92. The van der Waals surface area contributed by atoms with E-state index in [0.29, 0.717) is 6.04 Å². The summed E-state index contributed by atoms with van der Waals surface area (Å²) < 4.78 is 5.47. The minimum atomic E-state index is 0.264. The van der Waals surface area contributed by atoms with E-state index in [4.69, 9.17) is 9.72 Å². The van der Waals surface area contributed by atoms with Crippen LogP contribution in [-0.2, 0) is 4.74 Å². The van der Waals surface area contributed by atoms with Crippen LogP contribution in [0.4, 0.5) is 5.82 Å². The lowest BCUT2D eigenvalue weighted by molar-refractivity contribution is 0.0551. The van der Waals surface area contributed by atoms with E-state index >= 15 is 0 Å². The van der Waals surface area contributed by atoms with E-state index in [1.54, 1.807) is 12.4 Å². The maximum Gasteiger partial charge on any atom is 0.154 e. The molecule has 2 aromatic rings. The maximum absolute atomic E-state index is 5.47. The number of morpholine rings is 1. The first kappa shape index (κ1) is 18.5. The molecule has 29 heavy (non-hydrogen) atoms. The topological polar surface area (TPSA) is 75.2 Å². The molecule has 2 aromatic heterocycles. The van der Waals surface area contributed by atoms with Crippen molar-refractivity contribution >= 4 is 16.9 Å². The Balaban J connectivity index is 1.39. The van der Waals surface area contributed by atoms with Crippen molar-refractivity contribution in [2.75, 3.05) is 44.7 Å². The molecule has 2 saturated heterocycles. The number of aromatic nitrogens is 3. The normalized spacial score (nSPS) is 23.2. The number of rotatable bonds is 4. The van der Waals surface area contributed by atoms with Gasteiger partial charge in [-0.3, -0.25) is 4.98 Å². The van der Waals surface area contributed by atoms with Crippen molar-refractivity contribution in [3.63, 3.8) is 0 Å². The Morgan fingerprint density at radius 2 is 1.93 bits per heavy atom. The summed E-state index contributed by atoms with van der Waals surface area (Å²) in [5.41, 5.74) is 4.13. The molecular weight excluding hydrogens is 364 g/mol. The number of anilines is 1. The van der Waals surface area contributed by atoms with Crippen LogP contribution in [-0.4, -0.2) is 65.3 Å². The molecule has 0 bridgehead atoms. The minimum absolute atomic E-state index is 0.264. The molecule has 2 N–H and O–H groups in total. The molecule has 152 valence electrons. The van der Waals surface area contributed by atoms with Gasteiger partial charge in [0, 0.05) is 43.1 Å². The van der Waals surface area contributed by atoms with E-state index in [1.807, 2.05) is 0 Å². The predicted molar refractivity (Wildman–Crippen MR) is 114 cm³/mol. The average Bonchev–Trinajstić information content (AvgIpc) is 2.80. The third-order valence-corrected chi connectivity index (χ3v) is 5.99.